The quantitative estimate of drug-likeness (QED) is 0.391. The average molecular weight is 495 g/mol. The van der Waals surface area contributed by atoms with Crippen LogP contribution in [0.3, 0.4) is 0 Å². The van der Waals surface area contributed by atoms with Crippen molar-refractivity contribution in [1.29, 1.82) is 0 Å². The molecule has 3 aromatic rings. The van der Waals surface area contributed by atoms with Crippen molar-refractivity contribution in [2.24, 2.45) is 0 Å². The van der Waals surface area contributed by atoms with Gasteiger partial charge in [-0.15, -0.1) is 0 Å². The highest BCUT2D eigenvalue weighted by Gasteiger charge is 2.37. The van der Waals surface area contributed by atoms with Crippen LogP contribution in [-0.2, 0) is 14.6 Å². The number of imide groups is 1. The van der Waals surface area contributed by atoms with Crippen molar-refractivity contribution in [3.63, 3.8) is 0 Å². The maximum absolute atomic E-state index is 13.3. The zero-order chi connectivity index (χ0) is 24.5. The van der Waals surface area contributed by atoms with Crippen molar-refractivity contribution in [3.05, 3.63) is 58.4 Å². The molecule has 2 aromatic heterocycles. The maximum atomic E-state index is 13.3. The molecule has 35 heavy (non-hydrogen) atoms. The maximum Gasteiger partial charge on any atom is 0.340 e. The summed E-state index contributed by atoms with van der Waals surface area (Å²) in [6, 6.07) is 7.81. The van der Waals surface area contributed by atoms with Crippen LogP contribution in [0.25, 0.3) is 11.0 Å². The summed E-state index contributed by atoms with van der Waals surface area (Å²) in [5.74, 6) is -1.42. The molecule has 11 heteroatoms. The molecule has 2 aliphatic heterocycles. The smallest absolute Gasteiger partial charge is 0.340 e. The standard InChI is InChI=1S/C24H22N4O6S/c1-13-20-18(24(31)34-12-27-22(29)16-4-2-3-5-17(16)23(27)30)10-19(14-6-7-14)25-21(20)28(26-13)15-8-9-35(32,33)11-15/h2-5,10,14-15H,6-9,11-12H2,1H3. The molecule has 0 bridgehead atoms. The summed E-state index contributed by atoms with van der Waals surface area (Å²) in [4.78, 5) is 44.2. The average Bonchev–Trinajstić information content (AvgIpc) is 3.50. The van der Waals surface area contributed by atoms with Crippen molar-refractivity contribution >= 4 is 38.7 Å². The minimum Gasteiger partial charge on any atom is -0.440 e. The Morgan fingerprint density at radius 1 is 1.11 bits per heavy atom. The first-order chi connectivity index (χ1) is 16.7. The lowest BCUT2D eigenvalue weighted by atomic mass is 10.1. The van der Waals surface area contributed by atoms with Gasteiger partial charge < -0.3 is 4.74 Å². The zero-order valence-corrected chi connectivity index (χ0v) is 19.7. The number of hydrogen-bond acceptors (Lipinski definition) is 8. The van der Waals surface area contributed by atoms with Gasteiger partial charge in [-0.2, -0.15) is 5.10 Å². The van der Waals surface area contributed by atoms with E-state index in [0.717, 1.165) is 23.4 Å². The van der Waals surface area contributed by atoms with Gasteiger partial charge in [0.05, 0.1) is 45.3 Å². The lowest BCUT2D eigenvalue weighted by molar-refractivity contribution is 0.0229. The van der Waals surface area contributed by atoms with E-state index in [4.69, 9.17) is 9.72 Å². The molecule has 0 spiro atoms. The molecule has 4 heterocycles. The van der Waals surface area contributed by atoms with Crippen LogP contribution >= 0.6 is 0 Å². The first-order valence-electron chi connectivity index (χ1n) is 11.5. The van der Waals surface area contributed by atoms with E-state index in [1.807, 2.05) is 0 Å². The molecule has 180 valence electrons. The first kappa shape index (κ1) is 21.9. The molecule has 0 N–H and O–H groups in total. The van der Waals surface area contributed by atoms with Crippen molar-refractivity contribution in [1.82, 2.24) is 19.7 Å². The summed E-state index contributed by atoms with van der Waals surface area (Å²) >= 11 is 0. The number of amides is 2. The highest BCUT2D eigenvalue weighted by Crippen LogP contribution is 2.41. The van der Waals surface area contributed by atoms with Crippen LogP contribution in [0, 0.1) is 6.92 Å². The molecular weight excluding hydrogens is 472 g/mol. The SMILES string of the molecule is Cc1nn(C2CCS(=O)(=O)C2)c2nc(C3CC3)cc(C(=O)OCN3C(=O)c4ccccc4C3=O)c12. The number of esters is 1. The Morgan fingerprint density at radius 3 is 2.40 bits per heavy atom. The van der Waals surface area contributed by atoms with E-state index in [1.165, 1.54) is 0 Å². The predicted molar refractivity (Wildman–Crippen MR) is 124 cm³/mol. The van der Waals surface area contributed by atoms with Gasteiger partial charge in [0.15, 0.2) is 22.2 Å². The second-order valence-corrected chi connectivity index (χ2v) is 11.5. The molecule has 2 amide bonds. The number of ether oxygens (including phenoxy) is 1. The van der Waals surface area contributed by atoms with Gasteiger partial charge in [0.25, 0.3) is 11.8 Å². The number of rotatable bonds is 5. The zero-order valence-electron chi connectivity index (χ0n) is 18.9. The van der Waals surface area contributed by atoms with Crippen LogP contribution in [0.4, 0.5) is 0 Å². The van der Waals surface area contributed by atoms with Gasteiger partial charge in [0.1, 0.15) is 0 Å². The second-order valence-electron chi connectivity index (χ2n) is 9.30. The van der Waals surface area contributed by atoms with Crippen LogP contribution < -0.4 is 0 Å². The number of fused-ring (bicyclic) bond motifs is 2. The van der Waals surface area contributed by atoms with Gasteiger partial charge in [-0.1, -0.05) is 12.1 Å². The Labute approximate surface area is 200 Å². The number of sulfone groups is 1. The summed E-state index contributed by atoms with van der Waals surface area (Å²) in [5, 5.41) is 5.05. The summed E-state index contributed by atoms with van der Waals surface area (Å²) in [6.45, 7) is 1.23. The van der Waals surface area contributed by atoms with Crippen LogP contribution in [0.2, 0.25) is 0 Å². The van der Waals surface area contributed by atoms with Gasteiger partial charge >= 0.3 is 5.97 Å². The molecule has 1 saturated heterocycles. The van der Waals surface area contributed by atoms with E-state index >= 15 is 0 Å². The molecule has 1 aliphatic carbocycles. The number of carbonyl (C=O) groups is 3. The number of nitrogens with zero attached hydrogens (tertiary/aromatic N) is 4. The fourth-order valence-electron chi connectivity index (χ4n) is 4.86. The van der Waals surface area contributed by atoms with Crippen LogP contribution in [0.5, 0.6) is 0 Å². The van der Waals surface area contributed by atoms with E-state index in [2.05, 4.69) is 5.10 Å². The fourth-order valence-corrected chi connectivity index (χ4v) is 6.55. The molecule has 1 saturated carbocycles. The Balaban J connectivity index is 1.33. The Morgan fingerprint density at radius 2 is 1.80 bits per heavy atom. The number of aromatic nitrogens is 3. The third-order valence-electron chi connectivity index (χ3n) is 6.83. The molecule has 0 radical (unpaired) electrons. The van der Waals surface area contributed by atoms with Gasteiger partial charge in [-0.25, -0.2) is 27.8 Å². The normalized spacial score (nSPS) is 21.1. The van der Waals surface area contributed by atoms with Crippen LogP contribution in [0.15, 0.2) is 30.3 Å². The molecule has 6 rings (SSSR count). The van der Waals surface area contributed by atoms with E-state index in [-0.39, 0.29) is 40.2 Å². The topological polar surface area (TPSA) is 129 Å². The van der Waals surface area contributed by atoms with Crippen molar-refractivity contribution in [3.8, 4) is 0 Å². The molecule has 1 aromatic carbocycles. The molecular formula is C24H22N4O6S. The third-order valence-corrected chi connectivity index (χ3v) is 8.58. The monoisotopic (exact) mass is 494 g/mol. The van der Waals surface area contributed by atoms with Crippen LogP contribution in [0.1, 0.15) is 73.7 Å². The fraction of sp³-hybridized carbons (Fsp3) is 0.375. The van der Waals surface area contributed by atoms with E-state index in [0.29, 0.717) is 23.1 Å². The largest absolute Gasteiger partial charge is 0.440 e. The van der Waals surface area contributed by atoms with Crippen molar-refractivity contribution in [2.45, 2.75) is 38.1 Å². The summed E-state index contributed by atoms with van der Waals surface area (Å²) in [5.41, 5.74) is 2.53. The van der Waals surface area contributed by atoms with Crippen molar-refractivity contribution < 1.29 is 27.5 Å². The lowest BCUT2D eigenvalue weighted by Gasteiger charge is -2.15. The number of aryl methyl sites for hydroxylation is 1. The number of carbonyl (C=O) groups excluding carboxylic acids is 3. The summed E-state index contributed by atoms with van der Waals surface area (Å²) in [6.07, 6.45) is 2.34. The van der Waals surface area contributed by atoms with Gasteiger partial charge in [-0.05, 0) is 44.4 Å². The van der Waals surface area contributed by atoms with E-state index in [9.17, 15) is 22.8 Å². The highest BCUT2D eigenvalue weighted by atomic mass is 32.2. The minimum absolute atomic E-state index is 0.0158. The van der Waals surface area contributed by atoms with Gasteiger partial charge in [0.2, 0.25) is 0 Å². The Hall–Kier alpha value is -3.60. The third kappa shape index (κ3) is 3.61. The van der Waals surface area contributed by atoms with Crippen molar-refractivity contribution in [2.75, 3.05) is 18.2 Å². The number of pyridine rings is 1. The molecule has 10 nitrogen and oxygen atoms in total. The molecule has 2 fully saturated rings. The first-order valence-corrected chi connectivity index (χ1v) is 13.3. The van der Waals surface area contributed by atoms with E-state index in [1.54, 1.807) is 41.9 Å². The molecule has 1 unspecified atom stereocenters. The number of benzene rings is 1. The van der Waals surface area contributed by atoms with E-state index < -0.39 is 34.4 Å². The van der Waals surface area contributed by atoms with Gasteiger partial charge in [-0.3, -0.25) is 9.59 Å². The summed E-state index contributed by atoms with van der Waals surface area (Å²) in [7, 11) is -3.14. The number of hydrogen-bond donors (Lipinski definition) is 0. The lowest BCUT2D eigenvalue weighted by Crippen LogP contribution is -2.33. The molecule has 3 aliphatic rings. The highest BCUT2D eigenvalue weighted by molar-refractivity contribution is 7.91. The second kappa shape index (κ2) is 7.70. The van der Waals surface area contributed by atoms with Crippen LogP contribution in [-0.4, -0.2) is 64.1 Å². The Kier molecular flexibility index (Phi) is 4.82. The van der Waals surface area contributed by atoms with Gasteiger partial charge in [0, 0.05) is 11.6 Å². The summed E-state index contributed by atoms with van der Waals surface area (Å²) < 4.78 is 31.2. The molecule has 1 atom stereocenters. The Bertz CT molecular complexity index is 1500. The minimum atomic E-state index is -3.14. The predicted octanol–water partition coefficient (Wildman–Crippen LogP) is 2.39.